The molecule has 0 saturated carbocycles. The molecule has 2 fully saturated rings. The van der Waals surface area contributed by atoms with Crippen molar-refractivity contribution in [3.05, 3.63) is 41.8 Å². The molecule has 7 heteroatoms. The maximum Gasteiger partial charge on any atom is 0.280 e. The summed E-state index contributed by atoms with van der Waals surface area (Å²) in [6, 6.07) is 9.85. The number of aryl methyl sites for hydroxylation is 1. The molecule has 2 aromatic rings. The second kappa shape index (κ2) is 9.29. The molecule has 2 saturated heterocycles. The van der Waals surface area contributed by atoms with Gasteiger partial charge in [0.2, 0.25) is 11.7 Å². The highest BCUT2D eigenvalue weighted by Gasteiger charge is 2.40. The third-order valence-corrected chi connectivity index (χ3v) is 5.89. The van der Waals surface area contributed by atoms with Crippen LogP contribution in [-0.2, 0) is 25.4 Å². The topological polar surface area (TPSA) is 82.8 Å². The molecule has 2 aliphatic rings. The fourth-order valence-corrected chi connectivity index (χ4v) is 3.84. The lowest BCUT2D eigenvalue weighted by Gasteiger charge is -2.36. The smallest absolute Gasteiger partial charge is 0.280 e. The Bertz CT molecular complexity index is 837. The number of oxazole rings is 1. The van der Waals surface area contributed by atoms with Crippen molar-refractivity contribution in [3.8, 4) is 11.5 Å². The number of ether oxygens (including phenoxy) is 3. The van der Waals surface area contributed by atoms with Crippen LogP contribution in [-0.4, -0.2) is 49.7 Å². The largest absolute Gasteiger partial charge is 0.441 e. The number of rotatable bonds is 6. The number of amides is 1. The molecule has 0 atom stereocenters. The minimum absolute atomic E-state index is 0.119. The van der Waals surface area contributed by atoms with Gasteiger partial charge in [-0.25, -0.2) is 4.98 Å². The van der Waals surface area contributed by atoms with Crippen LogP contribution in [0.1, 0.15) is 31.2 Å². The van der Waals surface area contributed by atoms with Gasteiger partial charge in [-0.15, -0.1) is 0 Å². The minimum atomic E-state index is -1.24. The zero-order valence-electron chi connectivity index (χ0n) is 17.7. The molecule has 162 valence electrons. The van der Waals surface area contributed by atoms with Crippen LogP contribution in [0.4, 0.5) is 0 Å². The molecule has 0 spiro atoms. The van der Waals surface area contributed by atoms with Crippen LogP contribution in [0, 0.1) is 18.8 Å². The van der Waals surface area contributed by atoms with Gasteiger partial charge in [0, 0.05) is 37.7 Å². The van der Waals surface area contributed by atoms with E-state index in [1.165, 1.54) is 0 Å². The molecule has 30 heavy (non-hydrogen) atoms. The van der Waals surface area contributed by atoms with Crippen molar-refractivity contribution in [3.63, 3.8) is 0 Å². The van der Waals surface area contributed by atoms with Crippen LogP contribution in [0.5, 0.6) is 0 Å². The molecule has 4 rings (SSSR count). The predicted molar refractivity (Wildman–Crippen MR) is 111 cm³/mol. The summed E-state index contributed by atoms with van der Waals surface area (Å²) in [5.74, 6) is 0.548. The number of nitrogens with one attached hydrogen (secondary N) is 1. The number of carbonyl (C=O) groups excluding carboxylic acids is 1. The van der Waals surface area contributed by atoms with Gasteiger partial charge in [-0.3, -0.25) is 4.79 Å². The maximum absolute atomic E-state index is 12.6. The Morgan fingerprint density at radius 3 is 2.53 bits per heavy atom. The van der Waals surface area contributed by atoms with E-state index in [9.17, 15) is 4.79 Å². The van der Waals surface area contributed by atoms with Gasteiger partial charge >= 0.3 is 0 Å². The van der Waals surface area contributed by atoms with Gasteiger partial charge < -0.3 is 23.9 Å². The number of hydrogen-bond acceptors (Lipinski definition) is 6. The first-order valence-corrected chi connectivity index (χ1v) is 10.7. The van der Waals surface area contributed by atoms with E-state index in [2.05, 4.69) is 10.3 Å². The molecule has 1 N–H and O–H groups in total. The molecular weight excluding hydrogens is 384 g/mol. The summed E-state index contributed by atoms with van der Waals surface area (Å²) in [4.78, 5) is 17.3. The highest BCUT2D eigenvalue weighted by Crippen LogP contribution is 2.27. The Morgan fingerprint density at radius 1 is 1.13 bits per heavy atom. The summed E-state index contributed by atoms with van der Waals surface area (Å²) in [6.45, 7) is 6.65. The summed E-state index contributed by atoms with van der Waals surface area (Å²) >= 11 is 0. The zero-order valence-corrected chi connectivity index (χ0v) is 17.7. The summed E-state index contributed by atoms with van der Waals surface area (Å²) in [7, 11) is 0. The average Bonchev–Trinajstić information content (AvgIpc) is 3.15. The van der Waals surface area contributed by atoms with Crippen molar-refractivity contribution in [1.29, 1.82) is 0 Å². The van der Waals surface area contributed by atoms with Crippen LogP contribution in [0.25, 0.3) is 11.5 Å². The zero-order chi connectivity index (χ0) is 21.0. The SMILES string of the molecule is Cc1oc(-c2ccccc2)nc1CC1COC(C)(C(=O)NCC2CCOCC2)OC1. The Labute approximate surface area is 177 Å². The summed E-state index contributed by atoms with van der Waals surface area (Å²) < 4.78 is 22.9. The van der Waals surface area contributed by atoms with E-state index in [0.29, 0.717) is 38.0 Å². The minimum Gasteiger partial charge on any atom is -0.441 e. The Kier molecular flexibility index (Phi) is 6.51. The Morgan fingerprint density at radius 2 is 1.83 bits per heavy atom. The van der Waals surface area contributed by atoms with E-state index in [1.807, 2.05) is 37.3 Å². The van der Waals surface area contributed by atoms with E-state index in [4.69, 9.17) is 18.6 Å². The first kappa shape index (κ1) is 21.0. The van der Waals surface area contributed by atoms with Gasteiger partial charge in [-0.1, -0.05) is 18.2 Å². The van der Waals surface area contributed by atoms with Crippen LogP contribution in [0.3, 0.4) is 0 Å². The molecule has 1 aromatic heterocycles. The fraction of sp³-hybridized carbons (Fsp3) is 0.565. The van der Waals surface area contributed by atoms with Crippen LogP contribution >= 0.6 is 0 Å². The van der Waals surface area contributed by atoms with Gasteiger partial charge in [0.25, 0.3) is 5.91 Å². The van der Waals surface area contributed by atoms with E-state index < -0.39 is 5.79 Å². The quantitative estimate of drug-likeness (QED) is 0.782. The van der Waals surface area contributed by atoms with Crippen molar-refractivity contribution in [2.45, 2.75) is 38.9 Å². The average molecular weight is 415 g/mol. The number of nitrogens with zero attached hydrogens (tertiary/aromatic N) is 1. The number of hydrogen-bond donors (Lipinski definition) is 1. The van der Waals surface area contributed by atoms with E-state index in [1.54, 1.807) is 6.92 Å². The number of carbonyl (C=O) groups is 1. The summed E-state index contributed by atoms with van der Waals surface area (Å²) in [6.07, 6.45) is 2.63. The van der Waals surface area contributed by atoms with E-state index in [-0.39, 0.29) is 11.8 Å². The molecule has 1 amide bonds. The standard InChI is InChI=1S/C23H30N2O5/c1-16-20(25-21(30-16)19-6-4-3-5-7-19)12-18-14-28-23(2,29-15-18)22(26)24-13-17-8-10-27-11-9-17/h3-7,17-18H,8-15H2,1-2H3,(H,24,26). The van der Waals surface area contributed by atoms with Crippen LogP contribution in [0.15, 0.2) is 34.7 Å². The lowest BCUT2D eigenvalue weighted by molar-refractivity contribution is -0.260. The predicted octanol–water partition coefficient (Wildman–Crippen LogP) is 3.11. The van der Waals surface area contributed by atoms with Gasteiger partial charge in [-0.05, 0) is 44.7 Å². The number of benzene rings is 1. The van der Waals surface area contributed by atoms with Gasteiger partial charge in [0.1, 0.15) is 5.76 Å². The molecular formula is C23H30N2O5. The summed E-state index contributed by atoms with van der Waals surface area (Å²) in [5, 5.41) is 2.99. The second-order valence-corrected chi connectivity index (χ2v) is 8.29. The first-order chi connectivity index (χ1) is 14.5. The van der Waals surface area contributed by atoms with Gasteiger partial charge in [-0.2, -0.15) is 0 Å². The first-order valence-electron chi connectivity index (χ1n) is 10.7. The number of aromatic nitrogens is 1. The highest BCUT2D eigenvalue weighted by atomic mass is 16.7. The van der Waals surface area contributed by atoms with Crippen LogP contribution in [0.2, 0.25) is 0 Å². The summed E-state index contributed by atoms with van der Waals surface area (Å²) in [5.41, 5.74) is 1.86. The Balaban J connectivity index is 1.29. The molecule has 0 bridgehead atoms. The van der Waals surface area contributed by atoms with Crippen molar-refractivity contribution in [2.75, 3.05) is 33.0 Å². The normalized spacial score (nSPS) is 25.2. The highest BCUT2D eigenvalue weighted by molar-refractivity contribution is 5.83. The molecule has 7 nitrogen and oxygen atoms in total. The molecule has 0 aliphatic carbocycles. The lowest BCUT2D eigenvalue weighted by Crippen LogP contribution is -2.54. The maximum atomic E-state index is 12.6. The Hall–Kier alpha value is -2.22. The molecule has 2 aliphatic heterocycles. The van der Waals surface area contributed by atoms with Crippen LogP contribution < -0.4 is 5.32 Å². The second-order valence-electron chi connectivity index (χ2n) is 8.29. The lowest BCUT2D eigenvalue weighted by atomic mass is 10.00. The van der Waals surface area contributed by atoms with Crippen molar-refractivity contribution in [1.82, 2.24) is 10.3 Å². The van der Waals surface area contributed by atoms with Gasteiger partial charge in [0.15, 0.2) is 0 Å². The third-order valence-electron chi connectivity index (χ3n) is 5.89. The monoisotopic (exact) mass is 414 g/mol. The van der Waals surface area contributed by atoms with E-state index in [0.717, 1.165) is 43.1 Å². The van der Waals surface area contributed by atoms with Crippen molar-refractivity contribution < 1.29 is 23.4 Å². The van der Waals surface area contributed by atoms with Crippen molar-refractivity contribution in [2.24, 2.45) is 11.8 Å². The fourth-order valence-electron chi connectivity index (χ4n) is 3.84. The molecule has 1 aromatic carbocycles. The third kappa shape index (κ3) is 4.91. The van der Waals surface area contributed by atoms with E-state index >= 15 is 0 Å². The molecule has 3 heterocycles. The van der Waals surface area contributed by atoms with Gasteiger partial charge in [0.05, 0.1) is 18.9 Å². The van der Waals surface area contributed by atoms with Crippen molar-refractivity contribution >= 4 is 5.91 Å². The molecule has 0 unspecified atom stereocenters. The molecule has 0 radical (unpaired) electrons.